The second-order valence-electron chi connectivity index (χ2n) is 6.42. The number of nitrogens with zero attached hydrogens (tertiary/aromatic N) is 2. The second-order valence-corrected chi connectivity index (χ2v) is 6.82. The van der Waals surface area contributed by atoms with E-state index >= 15 is 0 Å². The van der Waals surface area contributed by atoms with E-state index < -0.39 is 6.10 Å². The van der Waals surface area contributed by atoms with Gasteiger partial charge in [0.2, 0.25) is 0 Å². The molecule has 1 aromatic carbocycles. The highest BCUT2D eigenvalue weighted by atomic mass is 35.5. The van der Waals surface area contributed by atoms with Crippen molar-refractivity contribution < 1.29 is 19.3 Å². The summed E-state index contributed by atoms with van der Waals surface area (Å²) in [6, 6.07) is 11.8. The van der Waals surface area contributed by atoms with E-state index in [0.29, 0.717) is 34.5 Å². The fraction of sp³-hybridized carbons (Fsp3) is 0.333. The quantitative estimate of drug-likeness (QED) is 0.731. The van der Waals surface area contributed by atoms with Crippen LogP contribution in [-0.2, 0) is 9.47 Å². The molecule has 0 amide bonds. The fourth-order valence-electron chi connectivity index (χ4n) is 3.44. The van der Waals surface area contributed by atoms with E-state index in [1.54, 1.807) is 6.07 Å². The van der Waals surface area contributed by atoms with Crippen molar-refractivity contribution in [3.63, 3.8) is 0 Å². The summed E-state index contributed by atoms with van der Waals surface area (Å²) in [6.45, 7) is 0.597. The van der Waals surface area contributed by atoms with Crippen LogP contribution in [0.25, 0.3) is 22.4 Å². The lowest BCUT2D eigenvalue weighted by Gasteiger charge is -2.15. The summed E-state index contributed by atoms with van der Waals surface area (Å²) in [5, 5.41) is 10.3. The second kappa shape index (κ2) is 6.21. The molecular formula is C18H16ClN3O4. The maximum absolute atomic E-state index is 9.81. The van der Waals surface area contributed by atoms with Gasteiger partial charge in [0.05, 0.1) is 29.4 Å². The van der Waals surface area contributed by atoms with Gasteiger partial charge in [-0.1, -0.05) is 41.9 Å². The molecule has 2 N–H and O–H groups in total. The summed E-state index contributed by atoms with van der Waals surface area (Å²) in [7, 11) is 0. The van der Waals surface area contributed by atoms with Gasteiger partial charge in [-0.05, 0) is 6.07 Å². The molecule has 0 radical (unpaired) electrons. The van der Waals surface area contributed by atoms with Crippen molar-refractivity contribution >= 4 is 22.8 Å². The van der Waals surface area contributed by atoms with Crippen molar-refractivity contribution in [1.82, 2.24) is 15.0 Å². The number of rotatable bonds is 3. The maximum Gasteiger partial charge on any atom is 0.296 e. The molecule has 5 rings (SSSR count). The van der Waals surface area contributed by atoms with E-state index in [1.807, 2.05) is 30.3 Å². The van der Waals surface area contributed by atoms with E-state index in [2.05, 4.69) is 15.0 Å². The summed E-state index contributed by atoms with van der Waals surface area (Å²) in [4.78, 5) is 12.1. The Morgan fingerprint density at radius 3 is 2.77 bits per heavy atom. The number of aliphatic hydroxyl groups excluding tert-OH is 1. The summed E-state index contributed by atoms with van der Waals surface area (Å²) >= 11 is 6.39. The van der Waals surface area contributed by atoms with Crippen molar-refractivity contribution in [2.75, 3.05) is 13.2 Å². The van der Waals surface area contributed by atoms with Gasteiger partial charge in [-0.2, -0.15) is 4.98 Å². The van der Waals surface area contributed by atoms with Crippen LogP contribution < -0.4 is 4.74 Å². The maximum atomic E-state index is 9.81. The predicted molar refractivity (Wildman–Crippen MR) is 94.2 cm³/mol. The summed E-state index contributed by atoms with van der Waals surface area (Å²) < 4.78 is 17.0. The van der Waals surface area contributed by atoms with E-state index in [0.717, 1.165) is 5.56 Å². The van der Waals surface area contributed by atoms with Gasteiger partial charge in [0.25, 0.3) is 6.01 Å². The molecule has 0 spiro atoms. The third kappa shape index (κ3) is 2.64. The van der Waals surface area contributed by atoms with Crippen LogP contribution in [0.3, 0.4) is 0 Å². The Bertz CT molecular complexity index is 948. The molecule has 2 fully saturated rings. The number of aromatic amines is 1. The molecule has 4 atom stereocenters. The Morgan fingerprint density at radius 1 is 1.12 bits per heavy atom. The lowest BCUT2D eigenvalue weighted by molar-refractivity contribution is 0.00706. The number of H-pyrrole nitrogens is 1. The van der Waals surface area contributed by atoms with Gasteiger partial charge in [-0.3, -0.25) is 0 Å². The van der Waals surface area contributed by atoms with Crippen molar-refractivity contribution in [2.45, 2.75) is 24.4 Å². The molecular weight excluding hydrogens is 358 g/mol. The lowest BCUT2D eigenvalue weighted by atomic mass is 10.1. The summed E-state index contributed by atoms with van der Waals surface area (Å²) in [6.07, 6.45) is -1.59. The highest BCUT2D eigenvalue weighted by Crippen LogP contribution is 2.32. The zero-order valence-corrected chi connectivity index (χ0v) is 14.4. The van der Waals surface area contributed by atoms with E-state index in [9.17, 15) is 5.11 Å². The van der Waals surface area contributed by atoms with Crippen LogP contribution in [0.5, 0.6) is 6.01 Å². The largest absolute Gasteiger partial charge is 0.456 e. The van der Waals surface area contributed by atoms with Crippen LogP contribution in [0.15, 0.2) is 36.4 Å². The number of hydrogen-bond donors (Lipinski definition) is 2. The van der Waals surface area contributed by atoms with Gasteiger partial charge >= 0.3 is 0 Å². The number of ether oxygens (including phenoxy) is 3. The number of aromatic nitrogens is 3. The zero-order valence-electron chi connectivity index (χ0n) is 13.6. The minimum Gasteiger partial charge on any atom is -0.456 e. The van der Waals surface area contributed by atoms with Gasteiger partial charge in [-0.15, -0.1) is 0 Å². The van der Waals surface area contributed by atoms with Crippen LogP contribution in [0.2, 0.25) is 5.02 Å². The van der Waals surface area contributed by atoms with Crippen LogP contribution in [0.4, 0.5) is 0 Å². The number of nitrogens with one attached hydrogen (secondary N) is 1. The topological polar surface area (TPSA) is 89.5 Å². The highest BCUT2D eigenvalue weighted by Gasteiger charge is 2.48. The number of fused-ring (bicyclic) bond motifs is 2. The Labute approximate surface area is 153 Å². The molecule has 3 aromatic rings. The first-order valence-electron chi connectivity index (χ1n) is 8.38. The van der Waals surface area contributed by atoms with Gasteiger partial charge < -0.3 is 24.3 Å². The summed E-state index contributed by atoms with van der Waals surface area (Å²) in [5.41, 5.74) is 2.80. The highest BCUT2D eigenvalue weighted by molar-refractivity contribution is 6.33. The van der Waals surface area contributed by atoms with E-state index in [-0.39, 0.29) is 24.9 Å². The molecule has 0 bridgehead atoms. The Hall–Kier alpha value is -2.19. The van der Waals surface area contributed by atoms with E-state index in [1.165, 1.54) is 0 Å². The van der Waals surface area contributed by atoms with E-state index in [4.69, 9.17) is 25.8 Å². The Balaban J connectivity index is 1.43. The SMILES string of the molecule is OC1COC2C(Oc3nc4nc(-c5ccccc5)c(Cl)cc4[nH]3)COC12. The number of benzene rings is 1. The molecule has 4 unspecified atom stereocenters. The summed E-state index contributed by atoms with van der Waals surface area (Å²) in [5.74, 6) is 0. The smallest absolute Gasteiger partial charge is 0.296 e. The first-order chi connectivity index (χ1) is 12.7. The normalized spacial score (nSPS) is 27.8. The van der Waals surface area contributed by atoms with Crippen LogP contribution in [0.1, 0.15) is 0 Å². The van der Waals surface area contributed by atoms with Crippen molar-refractivity contribution in [3.05, 3.63) is 41.4 Å². The average molecular weight is 374 g/mol. The molecule has 26 heavy (non-hydrogen) atoms. The van der Waals surface area contributed by atoms with Gasteiger partial charge in [0, 0.05) is 5.56 Å². The number of pyridine rings is 1. The molecule has 134 valence electrons. The van der Waals surface area contributed by atoms with Crippen LogP contribution >= 0.6 is 11.6 Å². The predicted octanol–water partition coefficient (Wildman–Crippen LogP) is 2.18. The molecule has 7 nitrogen and oxygen atoms in total. The van der Waals surface area contributed by atoms with Crippen molar-refractivity contribution in [3.8, 4) is 17.3 Å². The Kier molecular flexibility index (Phi) is 3.82. The Morgan fingerprint density at radius 2 is 1.92 bits per heavy atom. The van der Waals surface area contributed by atoms with Gasteiger partial charge in [0.1, 0.15) is 18.3 Å². The number of aliphatic hydroxyl groups is 1. The average Bonchev–Trinajstić information content (AvgIpc) is 3.32. The number of imidazole rings is 1. The van der Waals surface area contributed by atoms with Gasteiger partial charge in [0.15, 0.2) is 11.8 Å². The number of hydrogen-bond acceptors (Lipinski definition) is 6. The van der Waals surface area contributed by atoms with Gasteiger partial charge in [-0.25, -0.2) is 4.98 Å². The molecule has 2 saturated heterocycles. The first-order valence-corrected chi connectivity index (χ1v) is 8.76. The third-order valence-corrected chi connectivity index (χ3v) is 4.99. The zero-order chi connectivity index (χ0) is 17.7. The van der Waals surface area contributed by atoms with Crippen molar-refractivity contribution in [2.24, 2.45) is 0 Å². The minimum atomic E-state index is -0.613. The first kappa shape index (κ1) is 16.0. The number of halogens is 1. The molecule has 4 heterocycles. The molecule has 2 aliphatic rings. The lowest BCUT2D eigenvalue weighted by Crippen LogP contribution is -2.34. The third-order valence-electron chi connectivity index (χ3n) is 4.70. The van der Waals surface area contributed by atoms with Crippen LogP contribution in [0, 0.1) is 0 Å². The fourth-order valence-corrected chi connectivity index (χ4v) is 3.70. The monoisotopic (exact) mass is 373 g/mol. The minimum absolute atomic E-state index is 0.257. The van der Waals surface area contributed by atoms with Crippen molar-refractivity contribution in [1.29, 1.82) is 0 Å². The molecule has 2 aromatic heterocycles. The molecule has 8 heteroatoms. The molecule has 0 saturated carbocycles. The molecule has 2 aliphatic heterocycles. The van der Waals surface area contributed by atoms with Crippen LogP contribution in [-0.4, -0.2) is 57.7 Å². The standard InChI is InChI=1S/C18H16ClN3O4/c19-10-6-11-17(21-14(10)9-4-2-1-3-5-9)22-18(20-11)26-13-8-25-15-12(23)7-24-16(13)15/h1-6,12-13,15-16,23H,7-8H2,(H,20,21,22). The molecule has 0 aliphatic carbocycles.